The number of rotatable bonds is 7. The highest BCUT2D eigenvalue weighted by Gasteiger charge is 2.07. The standard InChI is InChI=1S/C13H19ClFNO/c1-3-4-7-16-9-10(2)17-13-6-5-11(15)8-12(13)14/h5-6,8,10,16H,3-4,7,9H2,1-2H3. The van der Waals surface area contributed by atoms with Gasteiger partial charge in [0.1, 0.15) is 17.7 Å². The third-order valence-corrected chi connectivity index (χ3v) is 2.66. The summed E-state index contributed by atoms with van der Waals surface area (Å²) in [7, 11) is 0. The van der Waals surface area contributed by atoms with Gasteiger partial charge in [-0.05, 0) is 38.1 Å². The fourth-order valence-electron chi connectivity index (χ4n) is 1.44. The van der Waals surface area contributed by atoms with Gasteiger partial charge in [-0.15, -0.1) is 0 Å². The summed E-state index contributed by atoms with van der Waals surface area (Å²) < 4.78 is 18.4. The molecule has 0 radical (unpaired) electrons. The topological polar surface area (TPSA) is 21.3 Å². The van der Waals surface area contributed by atoms with Crippen LogP contribution in [0.4, 0.5) is 4.39 Å². The fourth-order valence-corrected chi connectivity index (χ4v) is 1.65. The maximum Gasteiger partial charge on any atom is 0.138 e. The van der Waals surface area contributed by atoms with Gasteiger partial charge in [0.15, 0.2) is 0 Å². The third-order valence-electron chi connectivity index (χ3n) is 2.36. The first-order valence-electron chi connectivity index (χ1n) is 5.96. The molecule has 0 aromatic heterocycles. The normalized spacial score (nSPS) is 12.5. The zero-order valence-corrected chi connectivity index (χ0v) is 11.1. The second-order valence-electron chi connectivity index (χ2n) is 4.06. The van der Waals surface area contributed by atoms with Crippen LogP contribution in [0.5, 0.6) is 5.75 Å². The summed E-state index contributed by atoms with van der Waals surface area (Å²) in [4.78, 5) is 0. The number of hydrogen-bond acceptors (Lipinski definition) is 2. The van der Waals surface area contributed by atoms with Crippen LogP contribution >= 0.6 is 11.6 Å². The number of unbranched alkanes of at least 4 members (excludes halogenated alkanes) is 1. The summed E-state index contributed by atoms with van der Waals surface area (Å²) >= 11 is 5.87. The van der Waals surface area contributed by atoms with Crippen molar-refractivity contribution in [2.24, 2.45) is 0 Å². The van der Waals surface area contributed by atoms with Gasteiger partial charge in [0.25, 0.3) is 0 Å². The highest BCUT2D eigenvalue weighted by Crippen LogP contribution is 2.25. The third kappa shape index (κ3) is 5.37. The molecule has 0 aliphatic heterocycles. The molecular formula is C13H19ClFNO. The van der Waals surface area contributed by atoms with Crippen LogP contribution in [-0.4, -0.2) is 19.2 Å². The predicted molar refractivity (Wildman–Crippen MR) is 69.3 cm³/mol. The Morgan fingerprint density at radius 3 is 2.88 bits per heavy atom. The number of hydrogen-bond donors (Lipinski definition) is 1. The summed E-state index contributed by atoms with van der Waals surface area (Å²) in [5.41, 5.74) is 0. The Morgan fingerprint density at radius 1 is 1.47 bits per heavy atom. The van der Waals surface area contributed by atoms with Gasteiger partial charge >= 0.3 is 0 Å². The highest BCUT2D eigenvalue weighted by atomic mass is 35.5. The first-order chi connectivity index (χ1) is 8.13. The molecule has 0 spiro atoms. The number of benzene rings is 1. The van der Waals surface area contributed by atoms with Crippen LogP contribution in [0.1, 0.15) is 26.7 Å². The molecule has 0 aliphatic rings. The van der Waals surface area contributed by atoms with E-state index >= 15 is 0 Å². The molecule has 1 aromatic rings. The van der Waals surface area contributed by atoms with Crippen LogP contribution in [0, 0.1) is 5.82 Å². The maximum atomic E-state index is 12.8. The van der Waals surface area contributed by atoms with Crippen molar-refractivity contribution in [3.63, 3.8) is 0 Å². The Morgan fingerprint density at radius 2 is 2.24 bits per heavy atom. The van der Waals surface area contributed by atoms with Crippen molar-refractivity contribution in [2.45, 2.75) is 32.8 Å². The van der Waals surface area contributed by atoms with E-state index in [-0.39, 0.29) is 11.9 Å². The molecule has 0 fully saturated rings. The Hall–Kier alpha value is -0.800. The van der Waals surface area contributed by atoms with Crippen molar-refractivity contribution in [2.75, 3.05) is 13.1 Å². The van der Waals surface area contributed by atoms with Crippen LogP contribution in [0.15, 0.2) is 18.2 Å². The molecule has 0 bridgehead atoms. The monoisotopic (exact) mass is 259 g/mol. The van der Waals surface area contributed by atoms with Crippen molar-refractivity contribution in [3.05, 3.63) is 29.0 Å². The zero-order valence-electron chi connectivity index (χ0n) is 10.3. The van der Waals surface area contributed by atoms with Crippen LogP contribution in [0.25, 0.3) is 0 Å². The molecule has 2 nitrogen and oxygen atoms in total. The van der Waals surface area contributed by atoms with Gasteiger partial charge in [-0.1, -0.05) is 24.9 Å². The number of ether oxygens (including phenoxy) is 1. The molecule has 1 atom stereocenters. The molecule has 1 N–H and O–H groups in total. The van der Waals surface area contributed by atoms with Crippen LogP contribution in [0.3, 0.4) is 0 Å². The molecule has 0 heterocycles. The molecule has 0 saturated carbocycles. The zero-order chi connectivity index (χ0) is 12.7. The van der Waals surface area contributed by atoms with Gasteiger partial charge in [0.05, 0.1) is 5.02 Å². The summed E-state index contributed by atoms with van der Waals surface area (Å²) in [6, 6.07) is 4.16. The van der Waals surface area contributed by atoms with Crippen molar-refractivity contribution in [3.8, 4) is 5.75 Å². The molecule has 96 valence electrons. The van der Waals surface area contributed by atoms with E-state index in [1.54, 1.807) is 6.07 Å². The maximum absolute atomic E-state index is 12.8. The average Bonchev–Trinajstić information content (AvgIpc) is 2.28. The molecule has 4 heteroatoms. The van der Waals surface area contributed by atoms with Gasteiger partial charge in [0, 0.05) is 6.54 Å². The van der Waals surface area contributed by atoms with E-state index in [2.05, 4.69) is 12.2 Å². The van der Waals surface area contributed by atoms with Crippen molar-refractivity contribution in [1.29, 1.82) is 0 Å². The minimum Gasteiger partial charge on any atom is -0.488 e. The fraction of sp³-hybridized carbons (Fsp3) is 0.538. The highest BCUT2D eigenvalue weighted by molar-refractivity contribution is 6.32. The van der Waals surface area contributed by atoms with Crippen molar-refractivity contribution in [1.82, 2.24) is 5.32 Å². The molecule has 1 aromatic carbocycles. The lowest BCUT2D eigenvalue weighted by Crippen LogP contribution is -2.29. The first-order valence-corrected chi connectivity index (χ1v) is 6.33. The van der Waals surface area contributed by atoms with Gasteiger partial charge in [0.2, 0.25) is 0 Å². The minimum atomic E-state index is -0.351. The Labute approximate surface area is 107 Å². The van der Waals surface area contributed by atoms with E-state index in [1.165, 1.54) is 18.6 Å². The van der Waals surface area contributed by atoms with Gasteiger partial charge < -0.3 is 10.1 Å². The van der Waals surface area contributed by atoms with E-state index < -0.39 is 0 Å². The predicted octanol–water partition coefficient (Wildman–Crippen LogP) is 3.64. The molecule has 1 rings (SSSR count). The van der Waals surface area contributed by atoms with Crippen LogP contribution in [0.2, 0.25) is 5.02 Å². The Balaban J connectivity index is 2.37. The first kappa shape index (κ1) is 14.3. The number of nitrogens with one attached hydrogen (secondary N) is 1. The minimum absolute atomic E-state index is 0.00909. The average molecular weight is 260 g/mol. The van der Waals surface area contributed by atoms with E-state index in [4.69, 9.17) is 16.3 Å². The molecule has 0 amide bonds. The molecule has 0 aliphatic carbocycles. The van der Waals surface area contributed by atoms with Gasteiger partial charge in [-0.2, -0.15) is 0 Å². The summed E-state index contributed by atoms with van der Waals surface area (Å²) in [6.45, 7) is 5.85. The second-order valence-corrected chi connectivity index (χ2v) is 4.47. The molecule has 17 heavy (non-hydrogen) atoms. The van der Waals surface area contributed by atoms with Crippen molar-refractivity contribution < 1.29 is 9.13 Å². The summed E-state index contributed by atoms with van der Waals surface area (Å²) in [6.07, 6.45) is 2.34. The summed E-state index contributed by atoms with van der Waals surface area (Å²) in [5.74, 6) is 0.175. The van der Waals surface area contributed by atoms with Crippen LogP contribution < -0.4 is 10.1 Å². The quantitative estimate of drug-likeness (QED) is 0.755. The van der Waals surface area contributed by atoms with Crippen LogP contribution in [-0.2, 0) is 0 Å². The number of halogens is 2. The second kappa shape index (κ2) is 7.51. The Bertz CT molecular complexity index is 346. The smallest absolute Gasteiger partial charge is 0.138 e. The van der Waals surface area contributed by atoms with E-state index in [0.29, 0.717) is 10.8 Å². The summed E-state index contributed by atoms with van der Waals surface area (Å²) in [5, 5.41) is 3.61. The molecular weight excluding hydrogens is 241 g/mol. The lowest BCUT2D eigenvalue weighted by Gasteiger charge is -2.16. The lowest BCUT2D eigenvalue weighted by molar-refractivity contribution is 0.217. The van der Waals surface area contributed by atoms with Gasteiger partial charge in [-0.3, -0.25) is 0 Å². The van der Waals surface area contributed by atoms with E-state index in [1.807, 2.05) is 6.92 Å². The van der Waals surface area contributed by atoms with Gasteiger partial charge in [-0.25, -0.2) is 4.39 Å². The largest absolute Gasteiger partial charge is 0.488 e. The SMILES string of the molecule is CCCCNCC(C)Oc1ccc(F)cc1Cl. The molecule has 0 saturated heterocycles. The van der Waals surface area contributed by atoms with E-state index in [0.717, 1.165) is 19.5 Å². The molecule has 1 unspecified atom stereocenters. The lowest BCUT2D eigenvalue weighted by atomic mass is 10.3. The Kier molecular flexibility index (Phi) is 6.30. The van der Waals surface area contributed by atoms with Crippen molar-refractivity contribution >= 4 is 11.6 Å². The van der Waals surface area contributed by atoms with E-state index in [9.17, 15) is 4.39 Å².